The van der Waals surface area contributed by atoms with E-state index in [-0.39, 0.29) is 0 Å². The predicted molar refractivity (Wildman–Crippen MR) is 71.5 cm³/mol. The van der Waals surface area contributed by atoms with Crippen LogP contribution in [-0.2, 0) is 0 Å². The van der Waals surface area contributed by atoms with Crippen LogP contribution in [0.4, 0.5) is 0 Å². The monoisotopic (exact) mass is 247 g/mol. The maximum absolute atomic E-state index is 4.55. The van der Waals surface area contributed by atoms with Crippen molar-refractivity contribution in [3.63, 3.8) is 0 Å². The highest BCUT2D eigenvalue weighted by Gasteiger charge is 2.18. The molecule has 1 fully saturated rings. The molecule has 2 aromatic rings. The fourth-order valence-corrected chi connectivity index (χ4v) is 3.18. The van der Waals surface area contributed by atoms with Crippen molar-refractivity contribution in [2.24, 2.45) is 0 Å². The number of H-pyrrole nitrogens is 1. The second kappa shape index (κ2) is 4.63. The quantitative estimate of drug-likeness (QED) is 0.856. The zero-order valence-electron chi connectivity index (χ0n) is 9.99. The van der Waals surface area contributed by atoms with Gasteiger partial charge in [0.1, 0.15) is 5.82 Å². The van der Waals surface area contributed by atoms with Gasteiger partial charge in [0.25, 0.3) is 0 Å². The van der Waals surface area contributed by atoms with Crippen LogP contribution in [0.3, 0.4) is 0 Å². The first-order valence-corrected chi connectivity index (χ1v) is 6.97. The SMILES string of the molecule is Cc1ccc(-c2cnc(C3CCNCC3)[nH]2)s1. The van der Waals surface area contributed by atoms with Crippen molar-refractivity contribution in [3.05, 3.63) is 29.0 Å². The average molecular weight is 247 g/mol. The largest absolute Gasteiger partial charge is 0.341 e. The lowest BCUT2D eigenvalue weighted by atomic mass is 9.98. The summed E-state index contributed by atoms with van der Waals surface area (Å²) in [5.74, 6) is 1.76. The normalized spacial score (nSPS) is 17.5. The summed E-state index contributed by atoms with van der Waals surface area (Å²) >= 11 is 1.82. The number of thiophene rings is 1. The number of imidazole rings is 1. The molecule has 0 bridgehead atoms. The Balaban J connectivity index is 1.82. The standard InChI is InChI=1S/C13H17N3S/c1-9-2-3-12(17-9)11-8-15-13(16-11)10-4-6-14-7-5-10/h2-3,8,10,14H,4-7H2,1H3,(H,15,16). The van der Waals surface area contributed by atoms with Gasteiger partial charge in [-0.05, 0) is 45.0 Å². The minimum atomic E-state index is 0.603. The Kier molecular flexibility index (Phi) is 2.99. The lowest BCUT2D eigenvalue weighted by Crippen LogP contribution is -2.27. The van der Waals surface area contributed by atoms with Crippen LogP contribution < -0.4 is 5.32 Å². The number of aryl methyl sites for hydroxylation is 1. The van der Waals surface area contributed by atoms with E-state index < -0.39 is 0 Å². The summed E-state index contributed by atoms with van der Waals surface area (Å²) < 4.78 is 0. The molecule has 0 amide bonds. The van der Waals surface area contributed by atoms with E-state index in [1.807, 2.05) is 17.5 Å². The fourth-order valence-electron chi connectivity index (χ4n) is 2.34. The van der Waals surface area contributed by atoms with Crippen LogP contribution in [0.2, 0.25) is 0 Å². The van der Waals surface area contributed by atoms with Crippen LogP contribution in [-0.4, -0.2) is 23.1 Å². The summed E-state index contributed by atoms with van der Waals surface area (Å²) in [6.07, 6.45) is 4.36. The Morgan fingerprint density at radius 2 is 2.12 bits per heavy atom. The molecule has 0 aliphatic carbocycles. The Labute approximate surface area is 105 Å². The van der Waals surface area contributed by atoms with E-state index in [0.29, 0.717) is 5.92 Å². The molecule has 0 spiro atoms. The summed E-state index contributed by atoms with van der Waals surface area (Å²) in [7, 11) is 0. The summed E-state index contributed by atoms with van der Waals surface area (Å²) in [4.78, 5) is 10.7. The molecule has 0 atom stereocenters. The lowest BCUT2D eigenvalue weighted by Gasteiger charge is -2.20. The van der Waals surface area contributed by atoms with Crippen LogP contribution in [0, 0.1) is 6.92 Å². The molecule has 0 saturated carbocycles. The van der Waals surface area contributed by atoms with Gasteiger partial charge in [-0.1, -0.05) is 0 Å². The van der Waals surface area contributed by atoms with E-state index in [1.54, 1.807) is 0 Å². The number of piperidine rings is 1. The summed E-state index contributed by atoms with van der Waals surface area (Å²) in [6.45, 7) is 4.36. The van der Waals surface area contributed by atoms with Crippen molar-refractivity contribution < 1.29 is 0 Å². The van der Waals surface area contributed by atoms with Crippen LogP contribution >= 0.6 is 11.3 Å². The fraction of sp³-hybridized carbons (Fsp3) is 0.462. The first-order chi connectivity index (χ1) is 8.33. The first kappa shape index (κ1) is 11.0. The molecule has 90 valence electrons. The number of rotatable bonds is 2. The Hall–Kier alpha value is -1.13. The van der Waals surface area contributed by atoms with Gasteiger partial charge in [0.15, 0.2) is 0 Å². The van der Waals surface area contributed by atoms with Crippen LogP contribution in [0.15, 0.2) is 18.3 Å². The van der Waals surface area contributed by atoms with Crippen molar-refractivity contribution in [2.75, 3.05) is 13.1 Å². The van der Waals surface area contributed by atoms with Crippen LogP contribution in [0.25, 0.3) is 10.6 Å². The van der Waals surface area contributed by atoms with Gasteiger partial charge in [-0.2, -0.15) is 0 Å². The Morgan fingerprint density at radius 1 is 1.29 bits per heavy atom. The minimum Gasteiger partial charge on any atom is -0.341 e. The van der Waals surface area contributed by atoms with Gasteiger partial charge in [0, 0.05) is 10.8 Å². The molecule has 3 rings (SSSR count). The zero-order valence-corrected chi connectivity index (χ0v) is 10.8. The zero-order chi connectivity index (χ0) is 11.7. The van der Waals surface area contributed by atoms with Crippen molar-refractivity contribution in [2.45, 2.75) is 25.7 Å². The van der Waals surface area contributed by atoms with Crippen LogP contribution in [0.1, 0.15) is 29.5 Å². The minimum absolute atomic E-state index is 0.603. The molecule has 3 heterocycles. The van der Waals surface area contributed by atoms with Gasteiger partial charge in [0.2, 0.25) is 0 Å². The molecule has 0 aromatic carbocycles. The van der Waals surface area contributed by atoms with Crippen molar-refractivity contribution in [3.8, 4) is 10.6 Å². The maximum Gasteiger partial charge on any atom is 0.109 e. The molecule has 0 radical (unpaired) electrons. The van der Waals surface area contributed by atoms with Gasteiger partial charge in [-0.15, -0.1) is 11.3 Å². The molecule has 1 aliphatic rings. The maximum atomic E-state index is 4.55. The predicted octanol–water partition coefficient (Wildman–Crippen LogP) is 2.91. The highest BCUT2D eigenvalue weighted by Crippen LogP contribution is 2.29. The summed E-state index contributed by atoms with van der Waals surface area (Å²) in [6, 6.07) is 4.32. The third kappa shape index (κ3) is 2.28. The van der Waals surface area contributed by atoms with E-state index >= 15 is 0 Å². The molecule has 3 nitrogen and oxygen atoms in total. The van der Waals surface area contributed by atoms with Crippen molar-refractivity contribution >= 4 is 11.3 Å². The molecule has 2 N–H and O–H groups in total. The third-order valence-corrected chi connectivity index (χ3v) is 4.36. The molecular formula is C13H17N3S. The lowest BCUT2D eigenvalue weighted by molar-refractivity contribution is 0.447. The molecule has 1 aliphatic heterocycles. The number of aromatic nitrogens is 2. The number of nitrogens with one attached hydrogen (secondary N) is 2. The molecule has 4 heteroatoms. The Bertz CT molecular complexity index is 494. The van der Waals surface area contributed by atoms with Crippen molar-refractivity contribution in [1.29, 1.82) is 0 Å². The summed E-state index contributed by atoms with van der Waals surface area (Å²) in [5, 5.41) is 3.39. The second-order valence-electron chi connectivity index (χ2n) is 4.62. The van der Waals surface area contributed by atoms with Crippen molar-refractivity contribution in [1.82, 2.24) is 15.3 Å². The van der Waals surface area contributed by atoms with E-state index in [9.17, 15) is 0 Å². The summed E-state index contributed by atoms with van der Waals surface area (Å²) in [5.41, 5.74) is 1.16. The number of hydrogen-bond acceptors (Lipinski definition) is 3. The number of hydrogen-bond donors (Lipinski definition) is 2. The number of aromatic amines is 1. The van der Waals surface area contributed by atoms with E-state index in [0.717, 1.165) is 24.6 Å². The highest BCUT2D eigenvalue weighted by molar-refractivity contribution is 7.15. The average Bonchev–Trinajstić information content (AvgIpc) is 2.98. The first-order valence-electron chi connectivity index (χ1n) is 6.15. The molecule has 17 heavy (non-hydrogen) atoms. The molecule has 1 saturated heterocycles. The van der Waals surface area contributed by atoms with Gasteiger partial charge in [0.05, 0.1) is 16.8 Å². The third-order valence-electron chi connectivity index (χ3n) is 3.33. The molecule has 0 unspecified atom stereocenters. The Morgan fingerprint density at radius 3 is 2.82 bits per heavy atom. The van der Waals surface area contributed by atoms with Gasteiger partial charge in [-0.25, -0.2) is 4.98 Å². The second-order valence-corrected chi connectivity index (χ2v) is 5.90. The van der Waals surface area contributed by atoms with Crippen LogP contribution in [0.5, 0.6) is 0 Å². The van der Waals surface area contributed by atoms with E-state index in [2.05, 4.69) is 34.3 Å². The number of nitrogens with zero attached hydrogens (tertiary/aromatic N) is 1. The van der Waals surface area contributed by atoms with E-state index in [4.69, 9.17) is 0 Å². The van der Waals surface area contributed by atoms with Gasteiger partial charge in [-0.3, -0.25) is 0 Å². The van der Waals surface area contributed by atoms with Gasteiger partial charge >= 0.3 is 0 Å². The van der Waals surface area contributed by atoms with E-state index in [1.165, 1.54) is 22.6 Å². The molecule has 2 aromatic heterocycles. The van der Waals surface area contributed by atoms with Gasteiger partial charge < -0.3 is 10.3 Å². The highest BCUT2D eigenvalue weighted by atomic mass is 32.1. The smallest absolute Gasteiger partial charge is 0.109 e. The molecular weight excluding hydrogens is 230 g/mol. The topological polar surface area (TPSA) is 40.7 Å².